The molecule has 8 nitrogen and oxygen atoms in total. The van der Waals surface area contributed by atoms with Crippen LogP contribution in [0.4, 0.5) is 0 Å². The van der Waals surface area contributed by atoms with Gasteiger partial charge in [-0.3, -0.25) is 9.36 Å². The molecule has 0 heterocycles. The highest BCUT2D eigenvalue weighted by atomic mass is 31.2. The first-order valence-electron chi connectivity index (χ1n) is 22.7. The maximum atomic E-state index is 12.7. The molecule has 0 aromatic heterocycles. The molecular formula is C46H88NO7P. The number of carbonyl (C=O) groups is 1. The number of phosphoric acid groups is 1. The fourth-order valence-electron chi connectivity index (χ4n) is 6.21. The number of carbonyl (C=O) groups excluding carboxylic acids is 1. The molecule has 0 saturated carbocycles. The van der Waals surface area contributed by atoms with Crippen molar-refractivity contribution in [1.82, 2.24) is 0 Å². The van der Waals surface area contributed by atoms with Gasteiger partial charge >= 0.3 is 5.97 Å². The van der Waals surface area contributed by atoms with E-state index in [2.05, 4.69) is 50.3 Å². The summed E-state index contributed by atoms with van der Waals surface area (Å²) in [5, 5.41) is 0. The number of allylic oxidation sites excluding steroid dienone is 6. The fourth-order valence-corrected chi connectivity index (χ4v) is 6.94. The predicted molar refractivity (Wildman–Crippen MR) is 231 cm³/mol. The van der Waals surface area contributed by atoms with E-state index in [4.69, 9.17) is 18.5 Å². The van der Waals surface area contributed by atoms with Crippen LogP contribution in [-0.2, 0) is 27.9 Å². The Balaban J connectivity index is 4.21. The quantitative estimate of drug-likeness (QED) is 0.0200. The number of ether oxygens (including phenoxy) is 2. The zero-order valence-electron chi connectivity index (χ0n) is 36.6. The number of rotatable bonds is 42. The monoisotopic (exact) mass is 798 g/mol. The number of nitrogens with zero attached hydrogens (tertiary/aromatic N) is 1. The average Bonchev–Trinajstić information content (AvgIpc) is 3.13. The van der Waals surface area contributed by atoms with E-state index in [-0.39, 0.29) is 25.8 Å². The first kappa shape index (κ1) is 53.7. The first-order valence-corrected chi connectivity index (χ1v) is 24.2. The van der Waals surface area contributed by atoms with Crippen LogP contribution in [0.15, 0.2) is 36.5 Å². The van der Waals surface area contributed by atoms with Crippen LogP contribution in [-0.4, -0.2) is 70.7 Å². The van der Waals surface area contributed by atoms with Crippen molar-refractivity contribution in [2.75, 3.05) is 54.1 Å². The van der Waals surface area contributed by atoms with Gasteiger partial charge in [-0.05, 0) is 44.9 Å². The van der Waals surface area contributed by atoms with Crippen molar-refractivity contribution in [3.05, 3.63) is 36.5 Å². The third-order valence-corrected chi connectivity index (χ3v) is 10.7. The van der Waals surface area contributed by atoms with Gasteiger partial charge in [0.2, 0.25) is 0 Å². The summed E-state index contributed by atoms with van der Waals surface area (Å²) in [5.41, 5.74) is 0. The Kier molecular flexibility index (Phi) is 38.6. The average molecular weight is 798 g/mol. The molecule has 0 radical (unpaired) electrons. The van der Waals surface area contributed by atoms with E-state index in [1.165, 1.54) is 103 Å². The third kappa shape index (κ3) is 43.7. The van der Waals surface area contributed by atoms with Crippen molar-refractivity contribution < 1.29 is 37.3 Å². The second-order valence-electron chi connectivity index (χ2n) is 16.4. The fraction of sp³-hybridized carbons (Fsp3) is 0.848. The standard InChI is InChI=1S/C46H88NO7P/c1-6-8-10-12-14-16-18-20-22-23-24-26-28-30-32-34-36-38-41-51-43-45(44-53-55(49,50)52-42-40-47(3,4)5)54-46(48)39-37-35-33-31-29-27-25-21-19-17-15-13-11-9-7-2/h9,11,15,17,21,25,45H,6-8,10,12-14,16,18-20,22-24,26-44H2,1-5H3/b11-9-,17-15-,25-21-. The van der Waals surface area contributed by atoms with Crippen LogP contribution in [0, 0.1) is 0 Å². The van der Waals surface area contributed by atoms with Gasteiger partial charge in [-0.2, -0.15) is 0 Å². The Hall–Kier alpha value is -1.28. The van der Waals surface area contributed by atoms with Gasteiger partial charge in [0, 0.05) is 13.0 Å². The summed E-state index contributed by atoms with van der Waals surface area (Å²) in [6.07, 6.45) is 45.9. The number of phosphoric ester groups is 1. The molecule has 0 saturated heterocycles. The van der Waals surface area contributed by atoms with Crippen LogP contribution >= 0.6 is 7.82 Å². The molecule has 0 bridgehead atoms. The van der Waals surface area contributed by atoms with Crippen LogP contribution in [0.5, 0.6) is 0 Å². The van der Waals surface area contributed by atoms with Gasteiger partial charge in [0.05, 0.1) is 34.4 Å². The molecule has 0 aliphatic rings. The molecule has 0 amide bonds. The lowest BCUT2D eigenvalue weighted by atomic mass is 10.0. The summed E-state index contributed by atoms with van der Waals surface area (Å²) in [6.45, 7) is 5.30. The number of esters is 1. The SMILES string of the molecule is CC/C=C\C/C=C\C/C=C\CCCCCCCC(=O)OC(COCCCCCCCCCCCCCCCCCCCC)COP(=O)([O-])OCC[N+](C)(C)C. The van der Waals surface area contributed by atoms with Gasteiger partial charge in [0.25, 0.3) is 7.82 Å². The van der Waals surface area contributed by atoms with Crippen molar-refractivity contribution in [3.8, 4) is 0 Å². The number of hydrogen-bond donors (Lipinski definition) is 0. The molecular weight excluding hydrogens is 709 g/mol. The van der Waals surface area contributed by atoms with Crippen molar-refractivity contribution in [2.24, 2.45) is 0 Å². The van der Waals surface area contributed by atoms with Crippen molar-refractivity contribution >= 4 is 13.8 Å². The highest BCUT2D eigenvalue weighted by molar-refractivity contribution is 7.45. The summed E-state index contributed by atoms with van der Waals surface area (Å²) in [6, 6.07) is 0. The molecule has 0 fully saturated rings. The van der Waals surface area contributed by atoms with E-state index in [1.807, 2.05) is 21.1 Å². The molecule has 0 rings (SSSR count). The highest BCUT2D eigenvalue weighted by Crippen LogP contribution is 2.38. The summed E-state index contributed by atoms with van der Waals surface area (Å²) in [4.78, 5) is 25.1. The van der Waals surface area contributed by atoms with Gasteiger partial charge in [0.1, 0.15) is 19.3 Å². The largest absolute Gasteiger partial charge is 0.756 e. The van der Waals surface area contributed by atoms with Crippen LogP contribution in [0.1, 0.15) is 194 Å². The second-order valence-corrected chi connectivity index (χ2v) is 17.8. The molecule has 0 aliphatic heterocycles. The summed E-state index contributed by atoms with van der Waals surface area (Å²) in [5.74, 6) is -0.349. The Morgan fingerprint density at radius 2 is 1.05 bits per heavy atom. The molecule has 2 unspecified atom stereocenters. The minimum atomic E-state index is -4.53. The van der Waals surface area contributed by atoms with E-state index < -0.39 is 13.9 Å². The summed E-state index contributed by atoms with van der Waals surface area (Å²) < 4.78 is 34.6. The third-order valence-electron chi connectivity index (χ3n) is 9.71. The van der Waals surface area contributed by atoms with Gasteiger partial charge in [-0.15, -0.1) is 0 Å². The smallest absolute Gasteiger partial charge is 0.306 e. The predicted octanol–water partition coefficient (Wildman–Crippen LogP) is 12.8. The van der Waals surface area contributed by atoms with Crippen LogP contribution in [0.3, 0.4) is 0 Å². The van der Waals surface area contributed by atoms with Crippen LogP contribution in [0.2, 0.25) is 0 Å². The van der Waals surface area contributed by atoms with Crippen LogP contribution in [0.25, 0.3) is 0 Å². The van der Waals surface area contributed by atoms with E-state index in [0.717, 1.165) is 70.6 Å². The Labute approximate surface area is 340 Å². The Bertz CT molecular complexity index is 978. The number of quaternary nitrogens is 1. The number of hydrogen-bond acceptors (Lipinski definition) is 7. The van der Waals surface area contributed by atoms with Gasteiger partial charge in [-0.25, -0.2) is 0 Å². The van der Waals surface area contributed by atoms with E-state index in [9.17, 15) is 14.3 Å². The van der Waals surface area contributed by atoms with Gasteiger partial charge in [-0.1, -0.05) is 179 Å². The Morgan fingerprint density at radius 1 is 0.582 bits per heavy atom. The minimum Gasteiger partial charge on any atom is -0.756 e. The van der Waals surface area contributed by atoms with Crippen molar-refractivity contribution in [3.63, 3.8) is 0 Å². The normalized spacial score (nSPS) is 14.1. The molecule has 55 heavy (non-hydrogen) atoms. The molecule has 0 spiro atoms. The molecule has 2 atom stereocenters. The van der Waals surface area contributed by atoms with Crippen LogP contribution < -0.4 is 4.89 Å². The van der Waals surface area contributed by atoms with Gasteiger partial charge < -0.3 is 27.9 Å². The topological polar surface area (TPSA) is 94.1 Å². The number of likely N-dealkylation sites (N-methyl/N-ethyl adjacent to an activating group) is 1. The molecule has 0 aliphatic carbocycles. The lowest BCUT2D eigenvalue weighted by Gasteiger charge is -2.28. The molecule has 9 heteroatoms. The lowest BCUT2D eigenvalue weighted by molar-refractivity contribution is -0.870. The van der Waals surface area contributed by atoms with E-state index >= 15 is 0 Å². The van der Waals surface area contributed by atoms with E-state index in [1.54, 1.807) is 0 Å². The molecule has 0 aromatic rings. The first-order chi connectivity index (χ1) is 26.6. The van der Waals surface area contributed by atoms with Crippen molar-refractivity contribution in [2.45, 2.75) is 200 Å². The maximum absolute atomic E-state index is 12.7. The van der Waals surface area contributed by atoms with Crippen molar-refractivity contribution in [1.29, 1.82) is 0 Å². The van der Waals surface area contributed by atoms with Gasteiger partial charge in [0.15, 0.2) is 0 Å². The lowest BCUT2D eigenvalue weighted by Crippen LogP contribution is -2.37. The second kappa shape index (κ2) is 39.5. The number of unbranched alkanes of at least 4 members (excludes halogenated alkanes) is 22. The van der Waals surface area contributed by atoms with E-state index in [0.29, 0.717) is 24.1 Å². The minimum absolute atomic E-state index is 0.0232. The zero-order valence-corrected chi connectivity index (χ0v) is 37.5. The highest BCUT2D eigenvalue weighted by Gasteiger charge is 2.20. The summed E-state index contributed by atoms with van der Waals surface area (Å²) >= 11 is 0. The molecule has 0 N–H and O–H groups in total. The zero-order chi connectivity index (χ0) is 40.6. The Morgan fingerprint density at radius 3 is 1.58 bits per heavy atom. The molecule has 324 valence electrons. The summed E-state index contributed by atoms with van der Waals surface area (Å²) in [7, 11) is 1.35. The molecule has 0 aromatic carbocycles. The maximum Gasteiger partial charge on any atom is 0.306 e.